The summed E-state index contributed by atoms with van der Waals surface area (Å²) in [6.07, 6.45) is 0.328. The van der Waals surface area contributed by atoms with Crippen LogP contribution in [-0.2, 0) is 13.6 Å². The van der Waals surface area contributed by atoms with Gasteiger partial charge < -0.3 is 9.05 Å². The van der Waals surface area contributed by atoms with Crippen molar-refractivity contribution in [2.75, 3.05) is 45.7 Å². The monoisotopic (exact) mass is 470 g/mol. The summed E-state index contributed by atoms with van der Waals surface area (Å²) in [6.45, 7) is 7.71. The van der Waals surface area contributed by atoms with E-state index in [9.17, 15) is 4.57 Å². The van der Waals surface area contributed by atoms with Gasteiger partial charge in [0, 0.05) is 36.2 Å². The molecule has 2 aromatic rings. The Morgan fingerprint density at radius 1 is 0.833 bits per heavy atom. The highest BCUT2D eigenvalue weighted by Gasteiger charge is 2.31. The Bertz CT molecular complexity index is 785. The molecule has 0 radical (unpaired) electrons. The molecule has 0 bridgehead atoms. The lowest BCUT2D eigenvalue weighted by Crippen LogP contribution is -2.48. The van der Waals surface area contributed by atoms with Gasteiger partial charge in [0.1, 0.15) is 6.29 Å². The fraction of sp³-hybridized carbons (Fsp3) is 0.455. The predicted molar refractivity (Wildman–Crippen MR) is 124 cm³/mol. The molecule has 1 heterocycles. The van der Waals surface area contributed by atoms with Crippen LogP contribution in [0.15, 0.2) is 48.5 Å². The minimum absolute atomic E-state index is 0.104. The Labute approximate surface area is 189 Å². The molecule has 0 spiro atoms. The number of piperazine rings is 1. The molecule has 8 heteroatoms. The zero-order valence-electron chi connectivity index (χ0n) is 17.5. The van der Waals surface area contributed by atoms with Crippen LogP contribution in [0.5, 0.6) is 0 Å². The molecule has 30 heavy (non-hydrogen) atoms. The van der Waals surface area contributed by atoms with Gasteiger partial charge in [-0.25, -0.2) is 0 Å². The Morgan fingerprint density at radius 2 is 1.27 bits per heavy atom. The molecule has 0 N–H and O–H groups in total. The van der Waals surface area contributed by atoms with E-state index in [0.29, 0.717) is 19.5 Å². The normalized spacial score (nSPS) is 16.3. The highest BCUT2D eigenvalue weighted by atomic mass is 35.5. The number of halogens is 2. The van der Waals surface area contributed by atoms with Crippen molar-refractivity contribution in [1.29, 1.82) is 0 Å². The van der Waals surface area contributed by atoms with Crippen molar-refractivity contribution < 1.29 is 13.6 Å². The fourth-order valence-electron chi connectivity index (χ4n) is 3.82. The molecule has 0 saturated carbocycles. The van der Waals surface area contributed by atoms with Crippen LogP contribution in [0.4, 0.5) is 0 Å². The Balaban J connectivity index is 1.74. The van der Waals surface area contributed by atoms with Crippen LogP contribution >= 0.6 is 30.8 Å². The average molecular weight is 471 g/mol. The second-order valence-corrected chi connectivity index (χ2v) is 10.1. The molecule has 164 valence electrons. The molecule has 1 aliphatic rings. The van der Waals surface area contributed by atoms with Gasteiger partial charge >= 0.3 is 7.60 Å². The zero-order chi connectivity index (χ0) is 21.6. The first-order chi connectivity index (χ1) is 14.4. The van der Waals surface area contributed by atoms with Crippen molar-refractivity contribution in [1.82, 2.24) is 9.80 Å². The number of nitrogens with zero attached hydrogens (tertiary/aromatic N) is 2. The van der Waals surface area contributed by atoms with Gasteiger partial charge in [-0.05, 0) is 49.2 Å². The summed E-state index contributed by atoms with van der Waals surface area (Å²) in [4.78, 5) is 4.61. The van der Waals surface area contributed by atoms with E-state index in [4.69, 9.17) is 32.2 Å². The molecule has 0 aliphatic carbocycles. The van der Waals surface area contributed by atoms with E-state index in [-0.39, 0.29) is 6.04 Å². The third-order valence-corrected chi connectivity index (χ3v) is 7.72. The molecule has 0 amide bonds. The van der Waals surface area contributed by atoms with Crippen LogP contribution < -0.4 is 0 Å². The molecule has 3 rings (SSSR count). The Morgan fingerprint density at radius 3 is 1.67 bits per heavy atom. The van der Waals surface area contributed by atoms with Gasteiger partial charge in [-0.2, -0.15) is 0 Å². The first-order valence-electron chi connectivity index (χ1n) is 10.3. The number of rotatable bonds is 9. The van der Waals surface area contributed by atoms with Crippen LogP contribution in [0.25, 0.3) is 0 Å². The number of benzene rings is 2. The van der Waals surface area contributed by atoms with E-state index in [1.807, 2.05) is 38.1 Å². The second-order valence-electron chi connectivity index (χ2n) is 7.25. The largest absolute Gasteiger partial charge is 0.344 e. The third-order valence-electron chi connectivity index (χ3n) is 5.17. The van der Waals surface area contributed by atoms with Crippen molar-refractivity contribution in [2.45, 2.75) is 19.9 Å². The predicted octanol–water partition coefficient (Wildman–Crippen LogP) is 5.92. The SMILES string of the molecule is CCOP(=O)(CN1CCN(C(c2ccc(Cl)cc2)c2ccc(Cl)cc2)CC1)OCC. The minimum atomic E-state index is -3.08. The maximum atomic E-state index is 12.9. The molecule has 0 aromatic heterocycles. The Hall–Kier alpha value is -0.910. The molecular formula is C22H29Cl2N2O3P. The summed E-state index contributed by atoms with van der Waals surface area (Å²) >= 11 is 12.2. The summed E-state index contributed by atoms with van der Waals surface area (Å²) in [6, 6.07) is 16.1. The maximum absolute atomic E-state index is 12.9. The van der Waals surface area contributed by atoms with E-state index < -0.39 is 7.60 Å². The van der Waals surface area contributed by atoms with Crippen LogP contribution in [0.3, 0.4) is 0 Å². The van der Waals surface area contributed by atoms with E-state index in [0.717, 1.165) is 36.2 Å². The van der Waals surface area contributed by atoms with Crippen molar-refractivity contribution in [3.05, 3.63) is 69.7 Å². The molecule has 1 aliphatic heterocycles. The van der Waals surface area contributed by atoms with Crippen LogP contribution in [-0.4, -0.2) is 55.5 Å². The van der Waals surface area contributed by atoms with Crippen molar-refractivity contribution >= 4 is 30.8 Å². The summed E-state index contributed by atoms with van der Waals surface area (Å²) in [5.41, 5.74) is 2.37. The topological polar surface area (TPSA) is 42.0 Å². The average Bonchev–Trinajstić information content (AvgIpc) is 2.72. The standard InChI is InChI=1S/C22H29Cl2N2O3P/c1-3-28-30(27,29-4-2)17-25-13-15-26(16-14-25)22(18-5-9-20(23)10-6-18)19-7-11-21(24)12-8-19/h5-12,22H,3-4,13-17H2,1-2H3. The first-order valence-corrected chi connectivity index (χ1v) is 12.8. The van der Waals surface area contributed by atoms with Gasteiger partial charge in [-0.3, -0.25) is 14.4 Å². The zero-order valence-corrected chi connectivity index (χ0v) is 19.9. The summed E-state index contributed by atoms with van der Waals surface area (Å²) in [7, 11) is -3.08. The van der Waals surface area contributed by atoms with Crippen molar-refractivity contribution in [3.8, 4) is 0 Å². The van der Waals surface area contributed by atoms with E-state index in [2.05, 4.69) is 34.1 Å². The van der Waals surface area contributed by atoms with Crippen LogP contribution in [0, 0.1) is 0 Å². The van der Waals surface area contributed by atoms with E-state index in [1.54, 1.807) is 0 Å². The van der Waals surface area contributed by atoms with Crippen molar-refractivity contribution in [2.24, 2.45) is 0 Å². The fourth-order valence-corrected chi connectivity index (χ4v) is 5.87. The summed E-state index contributed by atoms with van der Waals surface area (Å²) in [5, 5.41) is 1.45. The van der Waals surface area contributed by atoms with Gasteiger partial charge in [0.15, 0.2) is 0 Å². The highest BCUT2D eigenvalue weighted by molar-refractivity contribution is 7.53. The molecule has 1 fully saturated rings. The van der Waals surface area contributed by atoms with Gasteiger partial charge in [0.05, 0.1) is 19.3 Å². The molecule has 2 aromatic carbocycles. The molecule has 1 saturated heterocycles. The van der Waals surface area contributed by atoms with Crippen LogP contribution in [0.1, 0.15) is 31.0 Å². The number of hydrogen-bond donors (Lipinski definition) is 0. The second kappa shape index (κ2) is 11.1. The van der Waals surface area contributed by atoms with Gasteiger partial charge in [0.25, 0.3) is 0 Å². The van der Waals surface area contributed by atoms with Crippen LogP contribution in [0.2, 0.25) is 10.0 Å². The quantitative estimate of drug-likeness (QED) is 0.425. The molecule has 0 unspecified atom stereocenters. The lowest BCUT2D eigenvalue weighted by atomic mass is 9.96. The lowest BCUT2D eigenvalue weighted by molar-refractivity contribution is 0.111. The Kier molecular flexibility index (Phi) is 8.79. The summed E-state index contributed by atoms with van der Waals surface area (Å²) < 4.78 is 23.8. The van der Waals surface area contributed by atoms with E-state index in [1.165, 1.54) is 11.1 Å². The van der Waals surface area contributed by atoms with E-state index >= 15 is 0 Å². The van der Waals surface area contributed by atoms with Crippen molar-refractivity contribution in [3.63, 3.8) is 0 Å². The smallest absolute Gasteiger partial charge is 0.308 e. The number of hydrogen-bond acceptors (Lipinski definition) is 5. The van der Waals surface area contributed by atoms with Gasteiger partial charge in [0.2, 0.25) is 0 Å². The lowest BCUT2D eigenvalue weighted by Gasteiger charge is -2.40. The van der Waals surface area contributed by atoms with Gasteiger partial charge in [-0.15, -0.1) is 0 Å². The summed E-state index contributed by atoms with van der Waals surface area (Å²) in [5.74, 6) is 0. The molecular weight excluding hydrogens is 442 g/mol. The van der Waals surface area contributed by atoms with Gasteiger partial charge in [-0.1, -0.05) is 47.5 Å². The molecule has 5 nitrogen and oxygen atoms in total. The maximum Gasteiger partial charge on any atom is 0.344 e. The third kappa shape index (κ3) is 6.30. The minimum Gasteiger partial charge on any atom is -0.308 e. The first kappa shape index (κ1) is 23.7. The molecule has 0 atom stereocenters. The highest BCUT2D eigenvalue weighted by Crippen LogP contribution is 2.48.